The highest BCUT2D eigenvalue weighted by molar-refractivity contribution is 5.67. The molecule has 200 valence electrons. The SMILES string of the molecule is COc1cccc(-c2c(C)n(Cc3c(F)cccc3F)c(=O)n(C[C@@H](CC(C)(C)C)N(C)C)c2=O)c1F. The van der Waals surface area contributed by atoms with Gasteiger partial charge in [0.25, 0.3) is 5.56 Å². The summed E-state index contributed by atoms with van der Waals surface area (Å²) < 4.78 is 51.7. The summed E-state index contributed by atoms with van der Waals surface area (Å²) in [6, 6.07) is 7.59. The molecule has 37 heavy (non-hydrogen) atoms. The summed E-state index contributed by atoms with van der Waals surface area (Å²) in [5, 5.41) is 0. The van der Waals surface area contributed by atoms with Gasteiger partial charge in [0.15, 0.2) is 11.6 Å². The molecule has 3 rings (SSSR count). The van der Waals surface area contributed by atoms with E-state index < -0.39 is 35.2 Å². The predicted octanol–water partition coefficient (Wildman–Crippen LogP) is 4.83. The number of hydrogen-bond donors (Lipinski definition) is 0. The first-order valence-electron chi connectivity index (χ1n) is 12.0. The summed E-state index contributed by atoms with van der Waals surface area (Å²) in [6.45, 7) is 7.18. The van der Waals surface area contributed by atoms with Crippen molar-refractivity contribution >= 4 is 0 Å². The zero-order chi connectivity index (χ0) is 27.7. The Kier molecular flexibility index (Phi) is 8.37. The van der Waals surface area contributed by atoms with Crippen LogP contribution in [0, 0.1) is 29.8 Å². The van der Waals surface area contributed by atoms with Crippen LogP contribution >= 0.6 is 0 Å². The van der Waals surface area contributed by atoms with Crippen molar-refractivity contribution in [2.45, 2.75) is 53.2 Å². The van der Waals surface area contributed by atoms with Crippen molar-refractivity contribution in [3.63, 3.8) is 0 Å². The van der Waals surface area contributed by atoms with Gasteiger partial charge in [0.1, 0.15) is 11.6 Å². The first-order chi connectivity index (χ1) is 17.3. The highest BCUT2D eigenvalue weighted by Crippen LogP contribution is 2.29. The van der Waals surface area contributed by atoms with E-state index in [4.69, 9.17) is 4.74 Å². The number of likely N-dealkylation sites (N-methyl/N-ethyl adjacent to an activating group) is 1. The zero-order valence-electron chi connectivity index (χ0n) is 22.4. The molecule has 1 atom stereocenters. The molecule has 0 aliphatic heterocycles. The molecule has 0 bridgehead atoms. The highest BCUT2D eigenvalue weighted by Gasteiger charge is 2.27. The van der Waals surface area contributed by atoms with Gasteiger partial charge in [-0.15, -0.1) is 0 Å². The lowest BCUT2D eigenvalue weighted by atomic mass is 9.87. The van der Waals surface area contributed by atoms with E-state index in [9.17, 15) is 18.4 Å². The fourth-order valence-electron chi connectivity index (χ4n) is 4.49. The van der Waals surface area contributed by atoms with Crippen LogP contribution in [0.1, 0.15) is 38.4 Å². The standard InChI is InChI=1S/C28H34F3N3O3/c1-17-24(19-10-8-13-23(37-7)25(19)31)26(35)34(15-18(32(5)6)14-28(2,3)4)27(36)33(17)16-20-21(29)11-9-12-22(20)30/h8-13,18H,14-16H2,1-7H3/t18-/m1/s1. The summed E-state index contributed by atoms with van der Waals surface area (Å²) in [4.78, 5) is 29.4. The lowest BCUT2D eigenvalue weighted by Gasteiger charge is -2.31. The van der Waals surface area contributed by atoms with Crippen LogP contribution < -0.4 is 16.0 Å². The maximum atomic E-state index is 15.4. The molecule has 0 saturated heterocycles. The Hall–Kier alpha value is -3.33. The van der Waals surface area contributed by atoms with Crippen LogP contribution in [0.2, 0.25) is 0 Å². The van der Waals surface area contributed by atoms with E-state index >= 15 is 4.39 Å². The molecule has 6 nitrogen and oxygen atoms in total. The number of ether oxygens (including phenoxy) is 1. The number of rotatable bonds is 8. The molecule has 9 heteroatoms. The van der Waals surface area contributed by atoms with Crippen molar-refractivity contribution in [3.8, 4) is 16.9 Å². The fourth-order valence-corrected chi connectivity index (χ4v) is 4.49. The molecule has 0 unspecified atom stereocenters. The number of halogens is 3. The zero-order valence-corrected chi connectivity index (χ0v) is 22.4. The van der Waals surface area contributed by atoms with E-state index in [1.807, 2.05) is 19.0 Å². The van der Waals surface area contributed by atoms with Gasteiger partial charge in [-0.25, -0.2) is 18.0 Å². The Morgan fingerprint density at radius 1 is 0.973 bits per heavy atom. The molecule has 1 aromatic heterocycles. The average molecular weight is 518 g/mol. The Labute approximate surface area is 214 Å². The van der Waals surface area contributed by atoms with Gasteiger partial charge in [0.2, 0.25) is 0 Å². The Bertz CT molecular complexity index is 1380. The first-order valence-corrected chi connectivity index (χ1v) is 12.0. The van der Waals surface area contributed by atoms with E-state index in [0.29, 0.717) is 6.42 Å². The maximum Gasteiger partial charge on any atom is 0.331 e. The molecular formula is C28H34F3N3O3. The molecule has 0 N–H and O–H groups in total. The second-order valence-electron chi connectivity index (χ2n) is 10.6. The van der Waals surface area contributed by atoms with E-state index in [-0.39, 0.29) is 46.1 Å². The molecular weight excluding hydrogens is 483 g/mol. The minimum atomic E-state index is -0.822. The predicted molar refractivity (Wildman–Crippen MR) is 139 cm³/mol. The topological polar surface area (TPSA) is 56.5 Å². The largest absolute Gasteiger partial charge is 0.494 e. The fraction of sp³-hybridized carbons (Fsp3) is 0.429. The van der Waals surface area contributed by atoms with E-state index in [2.05, 4.69) is 20.8 Å². The Morgan fingerprint density at radius 2 is 1.57 bits per heavy atom. The van der Waals surface area contributed by atoms with Crippen molar-refractivity contribution in [1.29, 1.82) is 0 Å². The first kappa shape index (κ1) is 28.2. The van der Waals surface area contributed by atoms with Gasteiger partial charge in [-0.2, -0.15) is 0 Å². The van der Waals surface area contributed by atoms with Crippen molar-refractivity contribution in [2.75, 3.05) is 21.2 Å². The van der Waals surface area contributed by atoms with Crippen molar-refractivity contribution in [2.24, 2.45) is 5.41 Å². The number of nitrogens with zero attached hydrogens (tertiary/aromatic N) is 3. The molecule has 0 radical (unpaired) electrons. The number of benzene rings is 2. The van der Waals surface area contributed by atoms with Crippen LogP contribution in [0.4, 0.5) is 13.2 Å². The summed E-state index contributed by atoms with van der Waals surface area (Å²) in [5.74, 6) is -2.48. The second kappa shape index (κ2) is 11.0. The average Bonchev–Trinajstić information content (AvgIpc) is 2.80. The van der Waals surface area contributed by atoms with Gasteiger partial charge in [-0.3, -0.25) is 13.9 Å². The van der Waals surface area contributed by atoms with E-state index in [0.717, 1.165) is 21.3 Å². The van der Waals surface area contributed by atoms with Crippen molar-refractivity contribution < 1.29 is 17.9 Å². The number of hydrogen-bond acceptors (Lipinski definition) is 4. The Balaban J connectivity index is 2.34. The molecule has 0 aliphatic carbocycles. The Morgan fingerprint density at radius 3 is 2.11 bits per heavy atom. The van der Waals surface area contributed by atoms with Gasteiger partial charge in [-0.05, 0) is 51.1 Å². The second-order valence-corrected chi connectivity index (χ2v) is 10.6. The summed E-state index contributed by atoms with van der Waals surface area (Å²) in [7, 11) is 5.01. The van der Waals surface area contributed by atoms with Crippen molar-refractivity contribution in [3.05, 3.63) is 85.9 Å². The molecule has 0 amide bonds. The summed E-state index contributed by atoms with van der Waals surface area (Å²) in [5.41, 5.74) is -1.87. The smallest absolute Gasteiger partial charge is 0.331 e. The molecule has 0 saturated carbocycles. The van der Waals surface area contributed by atoms with Crippen LogP contribution in [0.3, 0.4) is 0 Å². The van der Waals surface area contributed by atoms with Crippen LogP contribution in [-0.2, 0) is 13.1 Å². The third kappa shape index (κ3) is 5.98. The normalized spacial score (nSPS) is 12.7. The third-order valence-corrected chi connectivity index (χ3v) is 6.49. The van der Waals surface area contributed by atoms with Crippen LogP contribution in [0.15, 0.2) is 46.0 Å². The lowest BCUT2D eigenvalue weighted by molar-refractivity contribution is 0.186. The molecule has 0 aliphatic rings. The number of aromatic nitrogens is 2. The third-order valence-electron chi connectivity index (χ3n) is 6.49. The van der Waals surface area contributed by atoms with Crippen molar-refractivity contribution in [1.82, 2.24) is 14.0 Å². The molecule has 1 heterocycles. The quantitative estimate of drug-likeness (QED) is 0.430. The van der Waals surface area contributed by atoms with Crippen LogP contribution in [0.5, 0.6) is 5.75 Å². The molecule has 3 aromatic rings. The summed E-state index contributed by atoms with van der Waals surface area (Å²) in [6.07, 6.45) is 0.657. The van der Waals surface area contributed by atoms with Gasteiger partial charge < -0.3 is 9.64 Å². The minimum absolute atomic E-state index is 0.0144. The molecule has 2 aromatic carbocycles. The summed E-state index contributed by atoms with van der Waals surface area (Å²) >= 11 is 0. The van der Waals surface area contributed by atoms with Crippen LogP contribution in [-0.4, -0.2) is 41.3 Å². The molecule has 0 spiro atoms. The van der Waals surface area contributed by atoms with E-state index in [1.54, 1.807) is 0 Å². The van der Waals surface area contributed by atoms with Gasteiger partial charge in [0.05, 0.1) is 19.2 Å². The monoisotopic (exact) mass is 517 g/mol. The van der Waals surface area contributed by atoms with Crippen LogP contribution in [0.25, 0.3) is 11.1 Å². The van der Waals surface area contributed by atoms with Gasteiger partial charge >= 0.3 is 5.69 Å². The van der Waals surface area contributed by atoms with Gasteiger partial charge in [0, 0.05) is 29.4 Å². The molecule has 0 fully saturated rings. The minimum Gasteiger partial charge on any atom is -0.494 e. The highest BCUT2D eigenvalue weighted by atomic mass is 19.1. The van der Waals surface area contributed by atoms with E-state index in [1.165, 1.54) is 38.3 Å². The number of methoxy groups -OCH3 is 1. The lowest BCUT2D eigenvalue weighted by Crippen LogP contribution is -2.47. The van der Waals surface area contributed by atoms with Gasteiger partial charge in [-0.1, -0.05) is 39.0 Å². The maximum absolute atomic E-state index is 15.4.